The van der Waals surface area contributed by atoms with E-state index in [1.807, 2.05) is 0 Å². The quantitative estimate of drug-likeness (QED) is 0.170. The van der Waals surface area contributed by atoms with Crippen molar-refractivity contribution in [3.63, 3.8) is 0 Å². The van der Waals surface area contributed by atoms with Crippen molar-refractivity contribution in [3.8, 4) is 33.6 Å². The summed E-state index contributed by atoms with van der Waals surface area (Å²) in [5.41, 5.74) is 8.27. The number of hydrogen-bond donors (Lipinski definition) is 0. The molecule has 0 bridgehead atoms. The first-order valence-electron chi connectivity index (χ1n) is 18.5. The summed E-state index contributed by atoms with van der Waals surface area (Å²) in [6, 6.07) is 64.8. The third-order valence-corrected chi connectivity index (χ3v) is 11.4. The number of imidazole rings is 1. The molecule has 0 aliphatic rings. The zero-order valence-electron chi connectivity index (χ0n) is 29.3. The first kappa shape index (κ1) is 29.9. The number of rotatable bonds is 4. The first-order valence-corrected chi connectivity index (χ1v) is 18.5. The normalized spacial score (nSPS) is 11.9. The van der Waals surface area contributed by atoms with Crippen molar-refractivity contribution in [2.45, 2.75) is 13.5 Å². The van der Waals surface area contributed by atoms with E-state index in [1.165, 1.54) is 92.4 Å². The Bertz CT molecular complexity index is 3260. The lowest BCUT2D eigenvalue weighted by molar-refractivity contribution is 0.796. The Labute approximate surface area is 307 Å². The van der Waals surface area contributed by atoms with Gasteiger partial charge >= 0.3 is 0 Å². The molecule has 0 radical (unpaired) electrons. The number of aryl methyl sites for hydroxylation is 1. The molecule has 0 fully saturated rings. The minimum absolute atomic E-state index is 0.871. The fourth-order valence-corrected chi connectivity index (χ4v) is 9.03. The van der Waals surface area contributed by atoms with Crippen LogP contribution in [0, 0.1) is 0 Å². The van der Waals surface area contributed by atoms with E-state index in [1.54, 1.807) is 0 Å². The Morgan fingerprint density at radius 3 is 1.60 bits per heavy atom. The largest absolute Gasteiger partial charge is 0.324 e. The maximum atomic E-state index is 5.01. The smallest absolute Gasteiger partial charge is 0.141 e. The van der Waals surface area contributed by atoms with Gasteiger partial charge in [-0.3, -0.25) is 0 Å². The van der Waals surface area contributed by atoms with Crippen molar-refractivity contribution in [1.29, 1.82) is 0 Å². The molecule has 0 N–H and O–H groups in total. The lowest BCUT2D eigenvalue weighted by atomic mass is 9.85. The molecule has 0 amide bonds. The highest BCUT2D eigenvalue weighted by molar-refractivity contribution is 6.34. The van der Waals surface area contributed by atoms with Crippen LogP contribution in [0.25, 0.3) is 109 Å². The Morgan fingerprint density at radius 1 is 0.396 bits per heavy atom. The molecule has 0 unspecified atom stereocenters. The number of benzene rings is 9. The summed E-state index contributed by atoms with van der Waals surface area (Å²) in [5.74, 6) is 1.01. The van der Waals surface area contributed by atoms with Crippen LogP contribution in [0.3, 0.4) is 0 Å². The molecule has 0 saturated heterocycles. The highest BCUT2D eigenvalue weighted by atomic mass is 15.1. The molecule has 0 spiro atoms. The molecule has 0 saturated carbocycles. The Kier molecular flexibility index (Phi) is 6.56. The van der Waals surface area contributed by atoms with Crippen molar-refractivity contribution < 1.29 is 0 Å². The molecule has 53 heavy (non-hydrogen) atoms. The van der Waals surface area contributed by atoms with Crippen molar-refractivity contribution in [3.05, 3.63) is 176 Å². The van der Waals surface area contributed by atoms with Crippen molar-refractivity contribution in [1.82, 2.24) is 9.55 Å². The molecule has 0 atom stereocenters. The van der Waals surface area contributed by atoms with Crippen LogP contribution >= 0.6 is 0 Å². The van der Waals surface area contributed by atoms with E-state index in [2.05, 4.69) is 187 Å². The molecule has 0 aliphatic heterocycles. The first-order chi connectivity index (χ1) is 26.3. The number of nitrogens with zero attached hydrogens (tertiary/aromatic N) is 2. The van der Waals surface area contributed by atoms with Gasteiger partial charge in [0.25, 0.3) is 0 Å². The van der Waals surface area contributed by atoms with Crippen molar-refractivity contribution >= 4 is 75.7 Å². The van der Waals surface area contributed by atoms with Gasteiger partial charge in [0.05, 0.1) is 11.0 Å². The molecule has 2 nitrogen and oxygen atoms in total. The lowest BCUT2D eigenvalue weighted by Gasteiger charge is -2.18. The second-order valence-electron chi connectivity index (χ2n) is 14.1. The average Bonchev–Trinajstić information content (AvgIpc) is 3.61. The van der Waals surface area contributed by atoms with Crippen molar-refractivity contribution in [2.75, 3.05) is 0 Å². The molecule has 0 aliphatic carbocycles. The number of fused-ring (bicyclic) bond motifs is 7. The predicted octanol–water partition coefficient (Wildman–Crippen LogP) is 14.0. The van der Waals surface area contributed by atoms with E-state index < -0.39 is 0 Å². The van der Waals surface area contributed by atoms with Crippen LogP contribution in [0.2, 0.25) is 0 Å². The van der Waals surface area contributed by atoms with Crippen LogP contribution < -0.4 is 0 Å². The third-order valence-electron chi connectivity index (χ3n) is 11.4. The van der Waals surface area contributed by atoms with Gasteiger partial charge < -0.3 is 4.57 Å². The van der Waals surface area contributed by atoms with E-state index in [-0.39, 0.29) is 0 Å². The highest BCUT2D eigenvalue weighted by Gasteiger charge is 2.18. The summed E-state index contributed by atoms with van der Waals surface area (Å²) in [7, 11) is 0. The molecular formula is C51H34N2. The maximum absolute atomic E-state index is 5.01. The van der Waals surface area contributed by atoms with E-state index in [0.717, 1.165) is 23.4 Å². The molecule has 1 aromatic heterocycles. The molecular weight excluding hydrogens is 641 g/mol. The fourth-order valence-electron chi connectivity index (χ4n) is 9.03. The summed E-state index contributed by atoms with van der Waals surface area (Å²) < 4.78 is 2.30. The van der Waals surface area contributed by atoms with Crippen LogP contribution in [-0.4, -0.2) is 9.55 Å². The number of aromatic nitrogens is 2. The monoisotopic (exact) mass is 674 g/mol. The van der Waals surface area contributed by atoms with Gasteiger partial charge in [-0.25, -0.2) is 4.98 Å². The van der Waals surface area contributed by atoms with Gasteiger partial charge in [-0.05, 0) is 112 Å². The second kappa shape index (κ2) is 11.6. The highest BCUT2D eigenvalue weighted by Crippen LogP contribution is 2.45. The summed E-state index contributed by atoms with van der Waals surface area (Å²) in [6.45, 7) is 3.06. The van der Waals surface area contributed by atoms with Crippen molar-refractivity contribution in [2.24, 2.45) is 0 Å². The van der Waals surface area contributed by atoms with Crippen LogP contribution in [-0.2, 0) is 6.54 Å². The standard InChI is InChI=1S/C51H34N2/c1-2-53-48-24-10-9-23-47(48)52-51(53)33-27-25-32(26-28-33)35-29-30-42(37-15-4-3-14-36(35)37)46-31-34-13-11-20-43-40-18-7-5-16-38(40)39-17-6-8-19-41(39)44-21-12-22-45(46)50(44)49(34)43/h3-31H,2H2,1H3. The van der Waals surface area contributed by atoms with E-state index >= 15 is 0 Å². The van der Waals surface area contributed by atoms with Gasteiger partial charge in [0.1, 0.15) is 5.82 Å². The fraction of sp³-hybridized carbons (Fsp3) is 0.0392. The topological polar surface area (TPSA) is 17.8 Å². The zero-order chi connectivity index (χ0) is 35.0. The minimum Gasteiger partial charge on any atom is -0.324 e. The van der Waals surface area contributed by atoms with Gasteiger partial charge in [-0.15, -0.1) is 0 Å². The zero-order valence-corrected chi connectivity index (χ0v) is 29.3. The van der Waals surface area contributed by atoms with Gasteiger partial charge in [0.15, 0.2) is 0 Å². The molecule has 1 heterocycles. The van der Waals surface area contributed by atoms with Gasteiger partial charge in [0, 0.05) is 12.1 Å². The van der Waals surface area contributed by atoms with Gasteiger partial charge in [-0.2, -0.15) is 0 Å². The Balaban J connectivity index is 1.15. The average molecular weight is 675 g/mol. The number of hydrogen-bond acceptors (Lipinski definition) is 1. The van der Waals surface area contributed by atoms with E-state index in [0.29, 0.717) is 0 Å². The molecule has 10 aromatic carbocycles. The van der Waals surface area contributed by atoms with E-state index in [9.17, 15) is 0 Å². The van der Waals surface area contributed by atoms with Gasteiger partial charge in [0.2, 0.25) is 0 Å². The minimum atomic E-state index is 0.871. The number of para-hydroxylation sites is 2. The molecule has 11 aromatic rings. The summed E-state index contributed by atoms with van der Waals surface area (Å²) in [4.78, 5) is 5.01. The molecule has 248 valence electrons. The maximum Gasteiger partial charge on any atom is 0.141 e. The SMILES string of the molecule is CCn1c(-c2ccc(-c3ccc(-c4cc5cccc6c7ccccc7c7ccccc7c7cccc4c7c56)c4ccccc34)cc2)nc2ccccc21. The Morgan fingerprint density at radius 2 is 0.906 bits per heavy atom. The lowest BCUT2D eigenvalue weighted by Crippen LogP contribution is -1.97. The third kappa shape index (κ3) is 4.42. The summed E-state index contributed by atoms with van der Waals surface area (Å²) in [6.07, 6.45) is 0. The van der Waals surface area contributed by atoms with Crippen LogP contribution in [0.1, 0.15) is 6.92 Å². The van der Waals surface area contributed by atoms with Crippen LogP contribution in [0.4, 0.5) is 0 Å². The predicted molar refractivity (Wildman–Crippen MR) is 227 cm³/mol. The molecule has 2 heteroatoms. The Hall–Kier alpha value is -6.77. The summed E-state index contributed by atoms with van der Waals surface area (Å²) >= 11 is 0. The van der Waals surface area contributed by atoms with Crippen LogP contribution in [0.5, 0.6) is 0 Å². The second-order valence-corrected chi connectivity index (χ2v) is 14.1. The van der Waals surface area contributed by atoms with Gasteiger partial charge in [-0.1, -0.05) is 158 Å². The van der Waals surface area contributed by atoms with E-state index in [4.69, 9.17) is 4.98 Å². The summed E-state index contributed by atoms with van der Waals surface area (Å²) in [5, 5.41) is 15.3. The molecule has 11 rings (SSSR count). The van der Waals surface area contributed by atoms with Crippen LogP contribution in [0.15, 0.2) is 176 Å².